The highest BCUT2D eigenvalue weighted by atomic mass is 127. The minimum atomic E-state index is 0. The Morgan fingerprint density at radius 2 is 2.24 bits per heavy atom. The van der Waals surface area contributed by atoms with Gasteiger partial charge in [0, 0.05) is 44.0 Å². The third-order valence-electron chi connectivity index (χ3n) is 4.89. The van der Waals surface area contributed by atoms with Crippen LogP contribution in [0, 0.1) is 13.8 Å². The van der Waals surface area contributed by atoms with Gasteiger partial charge in [0.15, 0.2) is 5.96 Å². The Kier molecular flexibility index (Phi) is 8.37. The third kappa shape index (κ3) is 5.77. The summed E-state index contributed by atoms with van der Waals surface area (Å²) in [7, 11) is 1.81. The number of halogens is 1. The van der Waals surface area contributed by atoms with Crippen LogP contribution in [0.3, 0.4) is 0 Å². The van der Waals surface area contributed by atoms with E-state index in [1.165, 1.54) is 29.3 Å². The van der Waals surface area contributed by atoms with Crippen molar-refractivity contribution in [2.45, 2.75) is 45.3 Å². The molecular formula is C17H30IN5OS. The van der Waals surface area contributed by atoms with Crippen LogP contribution in [-0.2, 0) is 11.2 Å². The van der Waals surface area contributed by atoms with E-state index in [0.29, 0.717) is 6.04 Å². The molecule has 2 N–H and O–H groups in total. The van der Waals surface area contributed by atoms with E-state index in [1.807, 2.05) is 7.05 Å². The summed E-state index contributed by atoms with van der Waals surface area (Å²) in [6, 6.07) is 0.656. The first-order chi connectivity index (χ1) is 11.7. The lowest BCUT2D eigenvalue weighted by Gasteiger charge is -2.35. The second-order valence-electron chi connectivity index (χ2n) is 6.63. The molecular weight excluding hydrogens is 449 g/mol. The predicted octanol–water partition coefficient (Wildman–Crippen LogP) is 1.95. The number of hydrogen-bond acceptors (Lipinski definition) is 5. The van der Waals surface area contributed by atoms with Crippen LogP contribution < -0.4 is 10.6 Å². The van der Waals surface area contributed by atoms with E-state index >= 15 is 0 Å². The fourth-order valence-corrected chi connectivity index (χ4v) is 4.31. The average molecular weight is 479 g/mol. The molecule has 6 nitrogen and oxygen atoms in total. The van der Waals surface area contributed by atoms with Crippen LogP contribution in [-0.4, -0.2) is 67.8 Å². The van der Waals surface area contributed by atoms with Gasteiger partial charge < -0.3 is 15.4 Å². The largest absolute Gasteiger partial charge is 0.373 e. The monoisotopic (exact) mass is 479 g/mol. The molecule has 3 rings (SSSR count). The van der Waals surface area contributed by atoms with Crippen molar-refractivity contribution in [2.75, 3.05) is 39.8 Å². The van der Waals surface area contributed by atoms with E-state index in [9.17, 15) is 0 Å². The molecule has 3 heterocycles. The summed E-state index contributed by atoms with van der Waals surface area (Å²) in [5.74, 6) is 0.840. The molecule has 0 spiro atoms. The van der Waals surface area contributed by atoms with Crippen LogP contribution in [0.4, 0.5) is 0 Å². The molecule has 0 amide bonds. The molecule has 2 aliphatic rings. The second-order valence-corrected chi connectivity index (χ2v) is 7.91. The molecule has 1 aromatic rings. The van der Waals surface area contributed by atoms with Crippen LogP contribution in [0.1, 0.15) is 28.4 Å². The van der Waals surface area contributed by atoms with Crippen molar-refractivity contribution in [1.82, 2.24) is 20.5 Å². The van der Waals surface area contributed by atoms with E-state index in [0.717, 1.165) is 44.3 Å². The second kappa shape index (κ2) is 10.0. The molecule has 1 aromatic heterocycles. The average Bonchev–Trinajstić information content (AvgIpc) is 3.16. The summed E-state index contributed by atoms with van der Waals surface area (Å²) in [6.07, 6.45) is 3.78. The number of thiazole rings is 1. The summed E-state index contributed by atoms with van der Waals surface area (Å²) in [4.78, 5) is 12.8. The number of guanidine groups is 1. The molecule has 2 unspecified atom stereocenters. The van der Waals surface area contributed by atoms with Crippen molar-refractivity contribution in [2.24, 2.45) is 4.99 Å². The fraction of sp³-hybridized carbons (Fsp3) is 0.765. The lowest BCUT2D eigenvalue weighted by molar-refractivity contribution is -0.0453. The summed E-state index contributed by atoms with van der Waals surface area (Å²) in [5, 5.41) is 7.94. The standard InChI is InChI=1S/C17H29N5OS.HI/c1-12-13(2)24-16(21-12)6-7-19-17(18-3)20-9-15-10-22-8-4-5-14(22)11-23-15;/h14-15H,4-11H2,1-3H3,(H2,18,19,20);1H. The number of hydrogen-bond donors (Lipinski definition) is 2. The molecule has 2 saturated heterocycles. The van der Waals surface area contributed by atoms with Crippen molar-refractivity contribution < 1.29 is 4.74 Å². The lowest BCUT2D eigenvalue weighted by Crippen LogP contribution is -2.51. The maximum Gasteiger partial charge on any atom is 0.191 e. The smallest absolute Gasteiger partial charge is 0.191 e. The summed E-state index contributed by atoms with van der Waals surface area (Å²) in [5.41, 5.74) is 1.15. The Balaban J connectivity index is 0.00000225. The van der Waals surface area contributed by atoms with Gasteiger partial charge in [-0.1, -0.05) is 0 Å². The van der Waals surface area contributed by atoms with Gasteiger partial charge in [0.25, 0.3) is 0 Å². The fourth-order valence-electron chi connectivity index (χ4n) is 3.37. The Hall–Kier alpha value is -0.450. The first-order valence-electron chi connectivity index (χ1n) is 8.88. The normalized spacial score (nSPS) is 23.9. The zero-order chi connectivity index (χ0) is 16.9. The Morgan fingerprint density at radius 3 is 2.96 bits per heavy atom. The van der Waals surface area contributed by atoms with Crippen molar-refractivity contribution in [3.8, 4) is 0 Å². The Morgan fingerprint density at radius 1 is 1.40 bits per heavy atom. The minimum Gasteiger partial charge on any atom is -0.373 e. The number of rotatable bonds is 5. The zero-order valence-electron chi connectivity index (χ0n) is 15.4. The maximum absolute atomic E-state index is 5.98. The van der Waals surface area contributed by atoms with Gasteiger partial charge in [-0.05, 0) is 33.2 Å². The number of nitrogens with one attached hydrogen (secondary N) is 2. The molecule has 8 heteroatoms. The highest BCUT2D eigenvalue weighted by Crippen LogP contribution is 2.22. The van der Waals surface area contributed by atoms with Gasteiger partial charge in [0.05, 0.1) is 23.4 Å². The van der Waals surface area contributed by atoms with Crippen LogP contribution in [0.25, 0.3) is 0 Å². The number of aryl methyl sites for hydroxylation is 2. The molecule has 0 aliphatic carbocycles. The molecule has 0 bridgehead atoms. The van der Waals surface area contributed by atoms with E-state index in [4.69, 9.17) is 4.74 Å². The summed E-state index contributed by atoms with van der Waals surface area (Å²) >= 11 is 1.78. The Labute approximate surface area is 171 Å². The van der Waals surface area contributed by atoms with Crippen molar-refractivity contribution in [1.29, 1.82) is 0 Å². The third-order valence-corrected chi connectivity index (χ3v) is 6.02. The first kappa shape index (κ1) is 20.9. The quantitative estimate of drug-likeness (QED) is 0.384. The number of fused-ring (bicyclic) bond motifs is 1. The van der Waals surface area contributed by atoms with E-state index in [2.05, 4.69) is 39.4 Å². The van der Waals surface area contributed by atoms with Crippen LogP contribution in [0.15, 0.2) is 4.99 Å². The molecule has 142 valence electrons. The number of nitrogens with zero attached hydrogens (tertiary/aromatic N) is 3. The van der Waals surface area contributed by atoms with Crippen LogP contribution in [0.5, 0.6) is 0 Å². The molecule has 0 saturated carbocycles. The van der Waals surface area contributed by atoms with Crippen molar-refractivity contribution in [3.63, 3.8) is 0 Å². The van der Waals surface area contributed by atoms with Crippen LogP contribution in [0.2, 0.25) is 0 Å². The summed E-state index contributed by atoms with van der Waals surface area (Å²) in [6.45, 7) is 8.97. The number of aromatic nitrogens is 1. The number of morpholine rings is 1. The predicted molar refractivity (Wildman–Crippen MR) is 114 cm³/mol. The van der Waals surface area contributed by atoms with Crippen molar-refractivity contribution >= 4 is 41.3 Å². The first-order valence-corrected chi connectivity index (χ1v) is 9.70. The lowest BCUT2D eigenvalue weighted by atomic mass is 10.2. The molecule has 0 aromatic carbocycles. The van der Waals surface area contributed by atoms with Gasteiger partial charge in [-0.2, -0.15) is 0 Å². The zero-order valence-corrected chi connectivity index (χ0v) is 18.5. The Bertz CT molecular complexity index is 560. The van der Waals surface area contributed by atoms with E-state index < -0.39 is 0 Å². The molecule has 2 atom stereocenters. The van der Waals surface area contributed by atoms with E-state index in [1.54, 1.807) is 11.3 Å². The van der Waals surface area contributed by atoms with Crippen LogP contribution >= 0.6 is 35.3 Å². The minimum absolute atomic E-state index is 0. The molecule has 25 heavy (non-hydrogen) atoms. The van der Waals surface area contributed by atoms with Gasteiger partial charge >= 0.3 is 0 Å². The SMILES string of the molecule is CN=C(NCCc1nc(C)c(C)s1)NCC1CN2CCCC2CO1.I. The number of aliphatic imine (C=N–C) groups is 1. The highest BCUT2D eigenvalue weighted by Gasteiger charge is 2.32. The van der Waals surface area contributed by atoms with E-state index in [-0.39, 0.29) is 30.1 Å². The van der Waals surface area contributed by atoms with Gasteiger partial charge in [0.1, 0.15) is 0 Å². The maximum atomic E-state index is 5.98. The highest BCUT2D eigenvalue weighted by molar-refractivity contribution is 14.0. The van der Waals surface area contributed by atoms with Gasteiger partial charge in [0.2, 0.25) is 0 Å². The topological polar surface area (TPSA) is 61.8 Å². The molecule has 0 radical (unpaired) electrons. The van der Waals surface area contributed by atoms with Crippen molar-refractivity contribution in [3.05, 3.63) is 15.6 Å². The molecule has 2 fully saturated rings. The molecule has 2 aliphatic heterocycles. The summed E-state index contributed by atoms with van der Waals surface area (Å²) < 4.78 is 5.98. The van der Waals surface area contributed by atoms with Gasteiger partial charge in [-0.15, -0.1) is 35.3 Å². The van der Waals surface area contributed by atoms with Gasteiger partial charge in [-0.25, -0.2) is 4.98 Å². The number of ether oxygens (including phenoxy) is 1. The van der Waals surface area contributed by atoms with Gasteiger partial charge in [-0.3, -0.25) is 9.89 Å².